The van der Waals surface area contributed by atoms with Crippen molar-refractivity contribution in [2.24, 2.45) is 0 Å². The Balaban J connectivity index is 1.60. The second-order valence-electron chi connectivity index (χ2n) is 7.23. The highest BCUT2D eigenvalue weighted by molar-refractivity contribution is 7.99. The fourth-order valence-corrected chi connectivity index (χ4v) is 5.29. The molecule has 2 aromatic rings. The molecule has 1 aromatic heterocycles. The number of thioether (sulfide) groups is 1. The normalized spacial score (nSPS) is 15.1. The minimum Gasteiger partial charge on any atom is -0.350 e. The van der Waals surface area contributed by atoms with Gasteiger partial charge in [-0.15, -0.1) is 11.3 Å². The van der Waals surface area contributed by atoms with Crippen LogP contribution in [0.4, 0.5) is 0 Å². The molecule has 4 nitrogen and oxygen atoms in total. The van der Waals surface area contributed by atoms with Crippen molar-refractivity contribution in [2.75, 3.05) is 12.3 Å². The first-order chi connectivity index (χ1) is 14.1. The topological polar surface area (TPSA) is 58.2 Å². The molecule has 2 N–H and O–H groups in total. The third-order valence-corrected chi connectivity index (χ3v) is 7.21. The molecule has 2 amide bonds. The van der Waals surface area contributed by atoms with E-state index in [-0.39, 0.29) is 17.5 Å². The van der Waals surface area contributed by atoms with E-state index < -0.39 is 0 Å². The van der Waals surface area contributed by atoms with Gasteiger partial charge in [-0.2, -0.15) is 11.8 Å². The van der Waals surface area contributed by atoms with Gasteiger partial charge >= 0.3 is 0 Å². The van der Waals surface area contributed by atoms with E-state index >= 15 is 0 Å². The van der Waals surface area contributed by atoms with Gasteiger partial charge in [-0.1, -0.05) is 43.5 Å². The van der Waals surface area contributed by atoms with Crippen LogP contribution in [0.5, 0.6) is 0 Å². The zero-order valence-corrected chi connectivity index (χ0v) is 18.4. The monoisotopic (exact) mass is 428 g/mol. The number of hydrogen-bond acceptors (Lipinski definition) is 4. The summed E-state index contributed by atoms with van der Waals surface area (Å²) in [7, 11) is 0. The summed E-state index contributed by atoms with van der Waals surface area (Å²) >= 11 is 3.48. The third kappa shape index (κ3) is 6.75. The minimum atomic E-state index is -0.266. The number of thiophene rings is 1. The van der Waals surface area contributed by atoms with Crippen LogP contribution in [-0.2, 0) is 4.79 Å². The Hall–Kier alpha value is -2.05. The van der Waals surface area contributed by atoms with Crippen LogP contribution in [-0.4, -0.2) is 29.4 Å². The van der Waals surface area contributed by atoms with E-state index in [1.54, 1.807) is 12.1 Å². The molecule has 0 unspecified atom stereocenters. The number of nitrogens with one attached hydrogen (secondary N) is 2. The summed E-state index contributed by atoms with van der Waals surface area (Å²) in [6, 6.07) is 11.2. The lowest BCUT2D eigenvalue weighted by Gasteiger charge is -2.21. The zero-order valence-electron chi connectivity index (χ0n) is 16.8. The Morgan fingerprint density at radius 1 is 1.14 bits per heavy atom. The van der Waals surface area contributed by atoms with Gasteiger partial charge in [-0.3, -0.25) is 9.59 Å². The number of amides is 2. The second kappa shape index (κ2) is 11.2. The maximum absolute atomic E-state index is 12.8. The first-order valence-electron chi connectivity index (χ1n) is 10.2. The molecule has 0 saturated heterocycles. The van der Waals surface area contributed by atoms with E-state index in [0.29, 0.717) is 12.1 Å². The predicted molar refractivity (Wildman–Crippen MR) is 123 cm³/mol. The van der Waals surface area contributed by atoms with Gasteiger partial charge in [0, 0.05) is 28.0 Å². The van der Waals surface area contributed by atoms with Crippen molar-refractivity contribution in [3.8, 4) is 0 Å². The van der Waals surface area contributed by atoms with Gasteiger partial charge in [0.15, 0.2) is 0 Å². The quantitative estimate of drug-likeness (QED) is 0.459. The second-order valence-corrected chi connectivity index (χ2v) is 9.62. The molecule has 3 rings (SSSR count). The molecule has 1 heterocycles. The summed E-state index contributed by atoms with van der Waals surface area (Å²) in [4.78, 5) is 26.4. The van der Waals surface area contributed by atoms with Gasteiger partial charge in [-0.05, 0) is 48.9 Å². The third-order valence-electron chi connectivity index (χ3n) is 5.01. The van der Waals surface area contributed by atoms with Crippen LogP contribution in [0.2, 0.25) is 0 Å². The van der Waals surface area contributed by atoms with Crippen molar-refractivity contribution < 1.29 is 9.59 Å². The van der Waals surface area contributed by atoms with E-state index in [1.165, 1.54) is 43.4 Å². The lowest BCUT2D eigenvalue weighted by atomic mass is 10.0. The largest absolute Gasteiger partial charge is 0.350 e. The van der Waals surface area contributed by atoms with Crippen molar-refractivity contribution in [1.29, 1.82) is 0 Å². The van der Waals surface area contributed by atoms with E-state index in [2.05, 4.69) is 10.6 Å². The number of rotatable bonds is 8. The van der Waals surface area contributed by atoms with Crippen molar-refractivity contribution in [3.05, 3.63) is 63.5 Å². The van der Waals surface area contributed by atoms with Gasteiger partial charge in [0.2, 0.25) is 0 Å². The first-order valence-corrected chi connectivity index (χ1v) is 12.1. The molecule has 1 aromatic carbocycles. The average Bonchev–Trinajstić information content (AvgIpc) is 3.25. The van der Waals surface area contributed by atoms with Crippen LogP contribution < -0.4 is 10.6 Å². The standard InChI is InChI=1S/C23H28N2O2S2/c1-17-8-5-6-12-20(17)22(26)25-21(16-19-11-7-14-28-19)23(27)24-13-15-29-18-9-3-2-4-10-18/h5-8,11-12,14,16,18H,2-4,9-10,13,15H2,1H3,(H,24,27)(H,25,26)/b21-16-. The summed E-state index contributed by atoms with van der Waals surface area (Å²) in [6.45, 7) is 2.49. The molecular weight excluding hydrogens is 400 g/mol. The molecule has 1 fully saturated rings. The van der Waals surface area contributed by atoms with E-state index in [1.807, 2.05) is 54.4 Å². The van der Waals surface area contributed by atoms with Crippen LogP contribution in [0.15, 0.2) is 47.5 Å². The molecule has 0 radical (unpaired) electrons. The average molecular weight is 429 g/mol. The Labute approximate surface area is 181 Å². The highest BCUT2D eigenvalue weighted by atomic mass is 32.2. The smallest absolute Gasteiger partial charge is 0.267 e. The maximum atomic E-state index is 12.8. The van der Waals surface area contributed by atoms with Gasteiger partial charge in [0.1, 0.15) is 5.70 Å². The Bertz CT molecular complexity index is 840. The summed E-state index contributed by atoms with van der Waals surface area (Å²) in [6.07, 6.45) is 8.31. The fraction of sp³-hybridized carbons (Fsp3) is 0.391. The zero-order chi connectivity index (χ0) is 20.5. The van der Waals surface area contributed by atoms with Crippen molar-refractivity contribution in [1.82, 2.24) is 10.6 Å². The van der Waals surface area contributed by atoms with Crippen LogP contribution >= 0.6 is 23.1 Å². The summed E-state index contributed by atoms with van der Waals surface area (Å²) in [5.41, 5.74) is 1.73. The molecule has 0 atom stereocenters. The van der Waals surface area contributed by atoms with E-state index in [9.17, 15) is 9.59 Å². The lowest BCUT2D eigenvalue weighted by molar-refractivity contribution is -0.117. The molecule has 1 saturated carbocycles. The number of carbonyl (C=O) groups excluding carboxylic acids is 2. The predicted octanol–water partition coefficient (Wildman–Crippen LogP) is 5.01. The van der Waals surface area contributed by atoms with Gasteiger partial charge < -0.3 is 10.6 Å². The number of carbonyl (C=O) groups is 2. The molecular formula is C23H28N2O2S2. The minimum absolute atomic E-state index is 0.246. The number of hydrogen-bond donors (Lipinski definition) is 2. The van der Waals surface area contributed by atoms with Crippen LogP contribution in [0.25, 0.3) is 6.08 Å². The van der Waals surface area contributed by atoms with Crippen LogP contribution in [0.3, 0.4) is 0 Å². The molecule has 1 aliphatic rings. The SMILES string of the molecule is Cc1ccccc1C(=O)N/C(=C\c1cccs1)C(=O)NCCSC1CCCCC1. The molecule has 1 aliphatic carbocycles. The molecule has 154 valence electrons. The molecule has 0 bridgehead atoms. The van der Waals surface area contributed by atoms with Gasteiger partial charge in [0.25, 0.3) is 11.8 Å². The Morgan fingerprint density at radius 2 is 1.93 bits per heavy atom. The van der Waals surface area contributed by atoms with Crippen molar-refractivity contribution in [3.63, 3.8) is 0 Å². The lowest BCUT2D eigenvalue weighted by Crippen LogP contribution is -2.36. The highest BCUT2D eigenvalue weighted by Gasteiger charge is 2.17. The number of benzene rings is 1. The van der Waals surface area contributed by atoms with Gasteiger partial charge in [0.05, 0.1) is 0 Å². The summed E-state index contributed by atoms with van der Waals surface area (Å²) in [5.74, 6) is 0.385. The molecule has 0 aliphatic heterocycles. The highest BCUT2D eigenvalue weighted by Crippen LogP contribution is 2.27. The summed E-state index contributed by atoms with van der Waals surface area (Å²) < 4.78 is 0. The number of aryl methyl sites for hydroxylation is 1. The van der Waals surface area contributed by atoms with Crippen LogP contribution in [0.1, 0.15) is 52.9 Å². The van der Waals surface area contributed by atoms with E-state index in [0.717, 1.165) is 21.4 Å². The van der Waals surface area contributed by atoms with Crippen molar-refractivity contribution >= 4 is 41.0 Å². The molecule has 6 heteroatoms. The van der Waals surface area contributed by atoms with Crippen LogP contribution in [0, 0.1) is 6.92 Å². The van der Waals surface area contributed by atoms with Crippen molar-refractivity contribution in [2.45, 2.75) is 44.3 Å². The molecule has 0 spiro atoms. The first kappa shape index (κ1) is 21.7. The fourth-order valence-electron chi connectivity index (χ4n) is 3.41. The maximum Gasteiger partial charge on any atom is 0.267 e. The molecule has 29 heavy (non-hydrogen) atoms. The Kier molecular flexibility index (Phi) is 8.38. The summed E-state index contributed by atoms with van der Waals surface area (Å²) in [5, 5.41) is 8.45. The van der Waals surface area contributed by atoms with Gasteiger partial charge in [-0.25, -0.2) is 0 Å². The Morgan fingerprint density at radius 3 is 2.66 bits per heavy atom. The van der Waals surface area contributed by atoms with E-state index in [4.69, 9.17) is 0 Å².